The molecule has 0 radical (unpaired) electrons. The lowest BCUT2D eigenvalue weighted by molar-refractivity contribution is 0.0786. The van der Waals surface area contributed by atoms with Gasteiger partial charge in [0.05, 0.1) is 11.3 Å². The van der Waals surface area contributed by atoms with Crippen molar-refractivity contribution in [3.05, 3.63) is 59.4 Å². The van der Waals surface area contributed by atoms with Crippen LogP contribution in [-0.2, 0) is 6.54 Å². The van der Waals surface area contributed by atoms with Crippen LogP contribution >= 0.6 is 0 Å². The van der Waals surface area contributed by atoms with Crippen molar-refractivity contribution in [2.24, 2.45) is 0 Å². The molecule has 20 heavy (non-hydrogen) atoms. The zero-order valence-electron chi connectivity index (χ0n) is 11.0. The summed E-state index contributed by atoms with van der Waals surface area (Å²) in [5.74, 6) is -0.791. The van der Waals surface area contributed by atoms with Gasteiger partial charge in [-0.2, -0.15) is 0 Å². The fourth-order valence-corrected chi connectivity index (χ4v) is 1.88. The molecule has 0 heterocycles. The Balaban J connectivity index is 2.16. The zero-order chi connectivity index (χ0) is 14.7. The first-order chi connectivity index (χ1) is 9.49. The van der Waals surface area contributed by atoms with Crippen LogP contribution in [0, 0.1) is 5.82 Å². The molecule has 2 aromatic rings. The number of amides is 1. The maximum atomic E-state index is 13.4. The van der Waals surface area contributed by atoms with Crippen molar-refractivity contribution >= 4 is 11.6 Å². The molecule has 0 aliphatic heterocycles. The number of para-hydroxylation sites is 1. The minimum Gasteiger partial charge on any atom is -0.508 e. The third-order valence-electron chi connectivity index (χ3n) is 2.99. The standard InChI is InChI=1S/C15H15FN2O2/c1-18(9-10-5-7-11(19)8-6-10)15(20)12-3-2-4-13(16)14(12)17/h2-8,19H,9,17H2,1H3. The molecule has 2 aromatic carbocycles. The summed E-state index contributed by atoms with van der Waals surface area (Å²) in [4.78, 5) is 13.7. The lowest BCUT2D eigenvalue weighted by Crippen LogP contribution is -2.27. The molecular weight excluding hydrogens is 259 g/mol. The number of phenols is 1. The minimum absolute atomic E-state index is 0.143. The van der Waals surface area contributed by atoms with Crippen LogP contribution in [0.2, 0.25) is 0 Å². The van der Waals surface area contributed by atoms with Crippen molar-refractivity contribution in [2.45, 2.75) is 6.54 Å². The number of nitrogen functional groups attached to an aromatic ring is 1. The Bertz CT molecular complexity index is 626. The Labute approximate surface area is 116 Å². The van der Waals surface area contributed by atoms with E-state index < -0.39 is 5.82 Å². The summed E-state index contributed by atoms with van der Waals surface area (Å²) in [6, 6.07) is 10.7. The van der Waals surface area contributed by atoms with E-state index in [1.807, 2.05) is 0 Å². The third kappa shape index (κ3) is 2.88. The van der Waals surface area contributed by atoms with Gasteiger partial charge < -0.3 is 15.7 Å². The molecule has 3 N–H and O–H groups in total. The molecule has 104 valence electrons. The number of hydrogen-bond acceptors (Lipinski definition) is 3. The van der Waals surface area contributed by atoms with Gasteiger partial charge in [-0.3, -0.25) is 4.79 Å². The number of aromatic hydroxyl groups is 1. The molecule has 0 aliphatic carbocycles. The average Bonchev–Trinajstić information content (AvgIpc) is 2.43. The first-order valence-electron chi connectivity index (χ1n) is 6.06. The topological polar surface area (TPSA) is 66.6 Å². The lowest BCUT2D eigenvalue weighted by Gasteiger charge is -2.18. The maximum absolute atomic E-state index is 13.4. The predicted molar refractivity (Wildman–Crippen MR) is 74.7 cm³/mol. The van der Waals surface area contributed by atoms with E-state index in [0.717, 1.165) is 5.56 Å². The van der Waals surface area contributed by atoms with E-state index in [9.17, 15) is 14.3 Å². The van der Waals surface area contributed by atoms with Crippen molar-refractivity contribution in [1.82, 2.24) is 4.90 Å². The van der Waals surface area contributed by atoms with Gasteiger partial charge in [0.25, 0.3) is 5.91 Å². The van der Waals surface area contributed by atoms with Gasteiger partial charge in [0.15, 0.2) is 0 Å². The van der Waals surface area contributed by atoms with E-state index in [0.29, 0.717) is 6.54 Å². The van der Waals surface area contributed by atoms with E-state index in [1.54, 1.807) is 31.3 Å². The first kappa shape index (κ1) is 13.9. The van der Waals surface area contributed by atoms with Crippen molar-refractivity contribution in [2.75, 3.05) is 12.8 Å². The summed E-state index contributed by atoms with van der Waals surface area (Å²) in [7, 11) is 1.61. The molecule has 0 aliphatic rings. The number of anilines is 1. The van der Waals surface area contributed by atoms with Crippen LogP contribution in [0.4, 0.5) is 10.1 Å². The monoisotopic (exact) mass is 274 g/mol. The summed E-state index contributed by atoms with van der Waals surface area (Å²) in [5, 5.41) is 9.21. The highest BCUT2D eigenvalue weighted by Gasteiger charge is 2.16. The fraction of sp³-hybridized carbons (Fsp3) is 0.133. The van der Waals surface area contributed by atoms with Crippen LogP contribution in [0.25, 0.3) is 0 Å². The molecule has 0 fully saturated rings. The Kier molecular flexibility index (Phi) is 3.89. The lowest BCUT2D eigenvalue weighted by atomic mass is 10.1. The van der Waals surface area contributed by atoms with E-state index in [4.69, 9.17) is 5.73 Å². The van der Waals surface area contributed by atoms with Gasteiger partial charge in [0, 0.05) is 13.6 Å². The third-order valence-corrected chi connectivity index (χ3v) is 2.99. The van der Waals surface area contributed by atoms with Crippen molar-refractivity contribution in [3.63, 3.8) is 0 Å². The maximum Gasteiger partial charge on any atom is 0.256 e. The molecule has 0 bridgehead atoms. The van der Waals surface area contributed by atoms with Gasteiger partial charge in [-0.05, 0) is 29.8 Å². The number of nitrogens with two attached hydrogens (primary N) is 1. The minimum atomic E-state index is -0.603. The number of carbonyl (C=O) groups excluding carboxylic acids is 1. The quantitative estimate of drug-likeness (QED) is 0.844. The van der Waals surface area contributed by atoms with Crippen LogP contribution in [0.5, 0.6) is 5.75 Å². The largest absolute Gasteiger partial charge is 0.508 e. The molecule has 0 unspecified atom stereocenters. The summed E-state index contributed by atoms with van der Waals surface area (Å²) in [6.07, 6.45) is 0. The van der Waals surface area contributed by atoms with Gasteiger partial charge in [0.1, 0.15) is 11.6 Å². The van der Waals surface area contributed by atoms with Gasteiger partial charge in [-0.15, -0.1) is 0 Å². The highest BCUT2D eigenvalue weighted by atomic mass is 19.1. The number of rotatable bonds is 3. The van der Waals surface area contributed by atoms with Crippen LogP contribution in [0.15, 0.2) is 42.5 Å². The van der Waals surface area contributed by atoms with E-state index in [-0.39, 0.29) is 22.9 Å². The number of hydrogen-bond donors (Lipinski definition) is 2. The number of phenolic OH excluding ortho intramolecular Hbond substituents is 1. The van der Waals surface area contributed by atoms with Crippen molar-refractivity contribution in [1.29, 1.82) is 0 Å². The number of nitrogens with zero attached hydrogens (tertiary/aromatic N) is 1. The smallest absolute Gasteiger partial charge is 0.256 e. The second-order valence-corrected chi connectivity index (χ2v) is 4.53. The fourth-order valence-electron chi connectivity index (χ4n) is 1.88. The Morgan fingerprint density at radius 1 is 1.25 bits per heavy atom. The summed E-state index contributed by atoms with van der Waals surface area (Å²) in [6.45, 7) is 0.342. The SMILES string of the molecule is CN(Cc1ccc(O)cc1)C(=O)c1cccc(F)c1N. The van der Waals surface area contributed by atoms with Crippen LogP contribution < -0.4 is 5.73 Å². The summed E-state index contributed by atoms with van der Waals surface area (Å²) < 4.78 is 13.4. The van der Waals surface area contributed by atoms with Crippen LogP contribution in [0.1, 0.15) is 15.9 Å². The molecule has 0 saturated heterocycles. The number of halogens is 1. The number of carbonyl (C=O) groups is 1. The molecule has 2 rings (SSSR count). The Hall–Kier alpha value is -2.56. The molecular formula is C15H15FN2O2. The Morgan fingerprint density at radius 2 is 1.90 bits per heavy atom. The molecule has 0 spiro atoms. The van der Waals surface area contributed by atoms with E-state index in [2.05, 4.69) is 0 Å². The van der Waals surface area contributed by atoms with Crippen LogP contribution in [-0.4, -0.2) is 23.0 Å². The molecule has 4 nitrogen and oxygen atoms in total. The second kappa shape index (κ2) is 5.61. The van der Waals surface area contributed by atoms with Gasteiger partial charge in [0.2, 0.25) is 0 Å². The normalized spacial score (nSPS) is 10.3. The van der Waals surface area contributed by atoms with Crippen molar-refractivity contribution in [3.8, 4) is 5.75 Å². The van der Waals surface area contributed by atoms with Gasteiger partial charge in [-0.1, -0.05) is 18.2 Å². The molecule has 1 amide bonds. The Morgan fingerprint density at radius 3 is 2.55 bits per heavy atom. The van der Waals surface area contributed by atoms with Crippen molar-refractivity contribution < 1.29 is 14.3 Å². The average molecular weight is 274 g/mol. The first-order valence-corrected chi connectivity index (χ1v) is 6.06. The van der Waals surface area contributed by atoms with Gasteiger partial charge in [-0.25, -0.2) is 4.39 Å². The predicted octanol–water partition coefficient (Wildman–Crippen LogP) is 2.39. The molecule has 0 aromatic heterocycles. The van der Waals surface area contributed by atoms with E-state index in [1.165, 1.54) is 23.1 Å². The van der Waals surface area contributed by atoms with E-state index >= 15 is 0 Å². The molecule has 5 heteroatoms. The second-order valence-electron chi connectivity index (χ2n) is 4.53. The summed E-state index contributed by atoms with van der Waals surface area (Å²) >= 11 is 0. The highest BCUT2D eigenvalue weighted by molar-refractivity contribution is 5.99. The summed E-state index contributed by atoms with van der Waals surface area (Å²) in [5.41, 5.74) is 6.44. The molecule has 0 saturated carbocycles. The molecule has 0 atom stereocenters. The highest BCUT2D eigenvalue weighted by Crippen LogP contribution is 2.18. The number of benzene rings is 2. The van der Waals surface area contributed by atoms with Crippen LogP contribution in [0.3, 0.4) is 0 Å². The van der Waals surface area contributed by atoms with Gasteiger partial charge >= 0.3 is 0 Å². The zero-order valence-corrected chi connectivity index (χ0v) is 11.0.